The smallest absolute Gasteiger partial charge is 0.218 e. The van der Waals surface area contributed by atoms with Crippen molar-refractivity contribution in [3.63, 3.8) is 0 Å². The van der Waals surface area contributed by atoms with Crippen molar-refractivity contribution in [2.24, 2.45) is 5.73 Å². The first-order valence-corrected chi connectivity index (χ1v) is 7.42. The van der Waals surface area contributed by atoms with Crippen molar-refractivity contribution in [3.8, 4) is 0 Å². The number of carbonyl (C=O) groups excluding carboxylic acids is 1. The molecule has 2 N–H and O–H groups in total. The maximum Gasteiger partial charge on any atom is 0.218 e. The van der Waals surface area contributed by atoms with Crippen molar-refractivity contribution in [2.45, 2.75) is 26.3 Å². The normalized spacial score (nSPS) is 17.9. The fourth-order valence-corrected chi connectivity index (χ4v) is 2.70. The molecule has 0 unspecified atom stereocenters. The van der Waals surface area contributed by atoms with Crippen molar-refractivity contribution >= 4 is 5.91 Å². The molecule has 2 rings (SSSR count). The van der Waals surface area contributed by atoms with E-state index in [9.17, 15) is 4.79 Å². The molecule has 0 aliphatic carbocycles. The number of benzene rings is 1. The largest absolute Gasteiger partial charge is 0.370 e. The van der Waals surface area contributed by atoms with Crippen LogP contribution in [0, 0.1) is 6.92 Å². The van der Waals surface area contributed by atoms with Crippen LogP contribution in [0.2, 0.25) is 0 Å². The Morgan fingerprint density at radius 3 is 2.60 bits per heavy atom. The summed E-state index contributed by atoms with van der Waals surface area (Å²) in [6, 6.07) is 8.59. The average Bonchev–Trinajstić information content (AvgIpc) is 2.64. The predicted molar refractivity (Wildman–Crippen MR) is 81.3 cm³/mol. The minimum atomic E-state index is -0.203. The molecule has 0 saturated carbocycles. The lowest BCUT2D eigenvalue weighted by Crippen LogP contribution is -2.32. The summed E-state index contributed by atoms with van der Waals surface area (Å²) in [6.07, 6.45) is 1.63. The van der Waals surface area contributed by atoms with Crippen LogP contribution >= 0.6 is 0 Å². The lowest BCUT2D eigenvalue weighted by Gasteiger charge is -2.22. The molecule has 1 aromatic rings. The molecule has 1 saturated heterocycles. The van der Waals surface area contributed by atoms with Gasteiger partial charge in [-0.05, 0) is 37.6 Å². The van der Waals surface area contributed by atoms with Crippen molar-refractivity contribution in [3.05, 3.63) is 35.4 Å². The summed E-state index contributed by atoms with van der Waals surface area (Å²) in [5.74, 6) is -0.203. The number of nitrogens with two attached hydrogens (primary N) is 1. The molecule has 4 heteroatoms. The van der Waals surface area contributed by atoms with Gasteiger partial charge in [0, 0.05) is 32.6 Å². The predicted octanol–water partition coefficient (Wildman–Crippen LogP) is 1.38. The van der Waals surface area contributed by atoms with Crippen molar-refractivity contribution in [2.75, 3.05) is 32.7 Å². The molecule has 1 fully saturated rings. The van der Waals surface area contributed by atoms with Crippen LogP contribution in [0.3, 0.4) is 0 Å². The van der Waals surface area contributed by atoms with Gasteiger partial charge in [-0.1, -0.05) is 24.3 Å². The minimum Gasteiger partial charge on any atom is -0.370 e. The third-order valence-electron chi connectivity index (χ3n) is 4.01. The van der Waals surface area contributed by atoms with Crippen LogP contribution in [-0.4, -0.2) is 48.4 Å². The summed E-state index contributed by atoms with van der Waals surface area (Å²) in [4.78, 5) is 15.7. The SMILES string of the molecule is Cc1ccccc1CN1CCCN(CCC(N)=O)CC1. The van der Waals surface area contributed by atoms with Gasteiger partial charge in [-0.25, -0.2) is 0 Å². The molecule has 1 aliphatic heterocycles. The molecule has 0 atom stereocenters. The van der Waals surface area contributed by atoms with Crippen LogP contribution in [0.25, 0.3) is 0 Å². The van der Waals surface area contributed by atoms with Crippen LogP contribution in [0.5, 0.6) is 0 Å². The Morgan fingerprint density at radius 2 is 1.85 bits per heavy atom. The van der Waals surface area contributed by atoms with Crippen LogP contribution in [-0.2, 0) is 11.3 Å². The van der Waals surface area contributed by atoms with Gasteiger partial charge in [-0.2, -0.15) is 0 Å². The Bertz CT molecular complexity index is 447. The summed E-state index contributed by atoms with van der Waals surface area (Å²) >= 11 is 0. The van der Waals surface area contributed by atoms with Gasteiger partial charge in [0.25, 0.3) is 0 Å². The van der Waals surface area contributed by atoms with E-state index in [-0.39, 0.29) is 5.91 Å². The Kier molecular flexibility index (Phi) is 5.56. The third kappa shape index (κ3) is 4.62. The Morgan fingerprint density at radius 1 is 1.15 bits per heavy atom. The quantitative estimate of drug-likeness (QED) is 0.883. The van der Waals surface area contributed by atoms with E-state index in [0.717, 1.165) is 45.7 Å². The van der Waals surface area contributed by atoms with E-state index in [1.807, 2.05) is 0 Å². The highest BCUT2D eigenvalue weighted by molar-refractivity contribution is 5.73. The molecule has 0 radical (unpaired) electrons. The van der Waals surface area contributed by atoms with E-state index in [4.69, 9.17) is 5.73 Å². The lowest BCUT2D eigenvalue weighted by molar-refractivity contribution is -0.118. The summed E-state index contributed by atoms with van der Waals surface area (Å²) in [5.41, 5.74) is 8.00. The Labute approximate surface area is 121 Å². The first-order valence-electron chi connectivity index (χ1n) is 7.42. The second-order valence-corrected chi connectivity index (χ2v) is 5.61. The maximum atomic E-state index is 10.9. The summed E-state index contributed by atoms with van der Waals surface area (Å²) < 4.78 is 0. The number of rotatable bonds is 5. The zero-order valence-electron chi connectivity index (χ0n) is 12.3. The molecule has 1 aromatic carbocycles. The number of nitrogens with zero attached hydrogens (tertiary/aromatic N) is 2. The zero-order valence-corrected chi connectivity index (χ0v) is 12.3. The van der Waals surface area contributed by atoms with Crippen molar-refractivity contribution < 1.29 is 4.79 Å². The lowest BCUT2D eigenvalue weighted by atomic mass is 10.1. The van der Waals surface area contributed by atoms with E-state index in [0.29, 0.717) is 6.42 Å². The fraction of sp³-hybridized carbons (Fsp3) is 0.562. The topological polar surface area (TPSA) is 49.6 Å². The van der Waals surface area contributed by atoms with Gasteiger partial charge in [0.2, 0.25) is 5.91 Å². The first kappa shape index (κ1) is 15.0. The van der Waals surface area contributed by atoms with Gasteiger partial charge >= 0.3 is 0 Å². The molecule has 4 nitrogen and oxygen atoms in total. The molecule has 0 bridgehead atoms. The molecule has 0 aromatic heterocycles. The molecule has 1 aliphatic rings. The first-order chi connectivity index (χ1) is 9.65. The number of hydrogen-bond donors (Lipinski definition) is 1. The number of aryl methyl sites for hydroxylation is 1. The number of primary amides is 1. The summed E-state index contributed by atoms with van der Waals surface area (Å²) in [6.45, 7) is 8.28. The van der Waals surface area contributed by atoms with Crippen LogP contribution in [0.1, 0.15) is 24.0 Å². The molecule has 1 heterocycles. The maximum absolute atomic E-state index is 10.9. The Hall–Kier alpha value is -1.39. The van der Waals surface area contributed by atoms with Gasteiger partial charge in [0.1, 0.15) is 0 Å². The van der Waals surface area contributed by atoms with Gasteiger partial charge in [0.15, 0.2) is 0 Å². The van der Waals surface area contributed by atoms with Crippen molar-refractivity contribution in [1.82, 2.24) is 9.80 Å². The molecule has 110 valence electrons. The standard InChI is InChI=1S/C16H25N3O/c1-14-5-2-3-6-15(14)13-19-9-4-8-18(11-12-19)10-7-16(17)20/h2-3,5-6H,4,7-13H2,1H3,(H2,17,20). The second-order valence-electron chi connectivity index (χ2n) is 5.61. The molecule has 0 spiro atoms. The molecular weight excluding hydrogens is 250 g/mol. The zero-order chi connectivity index (χ0) is 14.4. The van der Waals surface area contributed by atoms with Crippen molar-refractivity contribution in [1.29, 1.82) is 0 Å². The number of amides is 1. The minimum absolute atomic E-state index is 0.203. The third-order valence-corrected chi connectivity index (χ3v) is 4.01. The van der Waals surface area contributed by atoms with E-state index >= 15 is 0 Å². The highest BCUT2D eigenvalue weighted by atomic mass is 16.1. The Balaban J connectivity index is 1.83. The van der Waals surface area contributed by atoms with Gasteiger partial charge < -0.3 is 10.6 Å². The van der Waals surface area contributed by atoms with Crippen LogP contribution in [0.4, 0.5) is 0 Å². The van der Waals surface area contributed by atoms with E-state index in [1.165, 1.54) is 11.1 Å². The number of hydrogen-bond acceptors (Lipinski definition) is 3. The highest BCUT2D eigenvalue weighted by Gasteiger charge is 2.15. The highest BCUT2D eigenvalue weighted by Crippen LogP contribution is 2.12. The average molecular weight is 275 g/mol. The van der Waals surface area contributed by atoms with E-state index < -0.39 is 0 Å². The van der Waals surface area contributed by atoms with Gasteiger partial charge in [-0.15, -0.1) is 0 Å². The molecular formula is C16H25N3O. The summed E-state index contributed by atoms with van der Waals surface area (Å²) in [5, 5.41) is 0. The second kappa shape index (κ2) is 7.41. The van der Waals surface area contributed by atoms with E-state index in [1.54, 1.807) is 0 Å². The molecule has 1 amide bonds. The van der Waals surface area contributed by atoms with Crippen LogP contribution < -0.4 is 5.73 Å². The van der Waals surface area contributed by atoms with E-state index in [2.05, 4.69) is 41.0 Å². The fourth-order valence-electron chi connectivity index (χ4n) is 2.70. The summed E-state index contributed by atoms with van der Waals surface area (Å²) in [7, 11) is 0. The molecule has 20 heavy (non-hydrogen) atoms. The van der Waals surface area contributed by atoms with Gasteiger partial charge in [-0.3, -0.25) is 9.69 Å². The monoisotopic (exact) mass is 275 g/mol. The number of carbonyl (C=O) groups is 1. The van der Waals surface area contributed by atoms with Gasteiger partial charge in [0.05, 0.1) is 0 Å². The van der Waals surface area contributed by atoms with Crippen LogP contribution in [0.15, 0.2) is 24.3 Å².